The summed E-state index contributed by atoms with van der Waals surface area (Å²) in [4.78, 5) is 4.21. The van der Waals surface area contributed by atoms with Crippen LogP contribution in [0, 0.1) is 11.8 Å². The molecule has 2 aliphatic rings. The Balaban J connectivity index is 1.83. The highest BCUT2D eigenvalue weighted by Crippen LogP contribution is 2.31. The minimum atomic E-state index is -4.12. The van der Waals surface area contributed by atoms with Crippen molar-refractivity contribution in [2.24, 2.45) is 23.9 Å². The molecule has 28 heavy (non-hydrogen) atoms. The van der Waals surface area contributed by atoms with Gasteiger partial charge in [-0.2, -0.15) is 13.5 Å². The summed E-state index contributed by atoms with van der Waals surface area (Å²) < 4.78 is 36.5. The number of amidine groups is 1. The smallest absolute Gasteiger partial charge is 0.324 e. The summed E-state index contributed by atoms with van der Waals surface area (Å²) in [5, 5.41) is 16.6. The number of anilines is 1. The molecule has 158 valence electrons. The minimum absolute atomic E-state index is 0.154. The molecule has 0 radical (unpaired) electrons. The standard InChI is InChI=1S/C18H31N5O4S/c1-13-5-4-6-14(2)17(13)20-18(24)21-28(25,26)23(15-7-9-27-10-8-15)16-11-19-22(3)12-16/h11-15,17H,4-10H2,1-3H3,(H2,20,21,24)/p-1. The highest BCUT2D eigenvalue weighted by atomic mass is 32.2. The summed E-state index contributed by atoms with van der Waals surface area (Å²) in [6, 6.07) is -1.25. The SMILES string of the molecule is CC1CCCC(C)C1N=C([O-])NS(=O)(=O)N(c1cnn(C)c1)C1CCOCC1. The van der Waals surface area contributed by atoms with E-state index in [1.54, 1.807) is 13.2 Å². The van der Waals surface area contributed by atoms with Crippen molar-refractivity contribution in [3.8, 4) is 0 Å². The normalized spacial score (nSPS) is 27.5. The van der Waals surface area contributed by atoms with Gasteiger partial charge in [0, 0.05) is 26.5 Å². The van der Waals surface area contributed by atoms with Crippen molar-refractivity contribution in [2.75, 3.05) is 17.5 Å². The predicted octanol–water partition coefficient (Wildman–Crippen LogP) is 0.781. The van der Waals surface area contributed by atoms with Gasteiger partial charge in [0.1, 0.15) is 0 Å². The topological polar surface area (TPSA) is 112 Å². The lowest BCUT2D eigenvalue weighted by Gasteiger charge is -2.36. The van der Waals surface area contributed by atoms with E-state index in [9.17, 15) is 13.5 Å². The number of rotatable bonds is 5. The Morgan fingerprint density at radius 1 is 1.29 bits per heavy atom. The molecule has 10 heteroatoms. The molecule has 1 aliphatic heterocycles. The van der Waals surface area contributed by atoms with E-state index in [1.165, 1.54) is 15.2 Å². The molecule has 9 nitrogen and oxygen atoms in total. The number of hydrogen-bond acceptors (Lipinski definition) is 6. The van der Waals surface area contributed by atoms with Gasteiger partial charge in [-0.3, -0.25) is 14.4 Å². The molecule has 0 aromatic carbocycles. The second kappa shape index (κ2) is 8.69. The number of nitrogens with one attached hydrogen (secondary N) is 1. The van der Waals surface area contributed by atoms with Crippen molar-refractivity contribution in [1.29, 1.82) is 0 Å². The molecule has 1 N–H and O–H groups in total. The number of aliphatic imine (C=N–C) groups is 1. The summed E-state index contributed by atoms with van der Waals surface area (Å²) in [6.07, 6.45) is 7.34. The van der Waals surface area contributed by atoms with Crippen LogP contribution in [0.4, 0.5) is 5.69 Å². The van der Waals surface area contributed by atoms with Gasteiger partial charge in [-0.1, -0.05) is 20.3 Å². The van der Waals surface area contributed by atoms with Gasteiger partial charge in [0.05, 0.1) is 30.0 Å². The quantitative estimate of drug-likeness (QED) is 0.567. The molecule has 3 rings (SSSR count). The third kappa shape index (κ3) is 4.78. The zero-order chi connectivity index (χ0) is 20.3. The third-order valence-electron chi connectivity index (χ3n) is 5.69. The second-order valence-corrected chi connectivity index (χ2v) is 9.48. The van der Waals surface area contributed by atoms with Crippen molar-refractivity contribution in [1.82, 2.24) is 14.5 Å². The van der Waals surface area contributed by atoms with E-state index in [2.05, 4.69) is 28.7 Å². The molecule has 1 saturated heterocycles. The van der Waals surface area contributed by atoms with Gasteiger partial charge in [-0.15, -0.1) is 0 Å². The van der Waals surface area contributed by atoms with E-state index in [-0.39, 0.29) is 23.9 Å². The molecule has 0 bridgehead atoms. The van der Waals surface area contributed by atoms with Gasteiger partial charge in [0.25, 0.3) is 0 Å². The van der Waals surface area contributed by atoms with E-state index in [1.807, 2.05) is 0 Å². The van der Waals surface area contributed by atoms with Crippen molar-refractivity contribution in [2.45, 2.75) is 58.0 Å². The maximum absolute atomic E-state index is 13.1. The van der Waals surface area contributed by atoms with Gasteiger partial charge >= 0.3 is 10.2 Å². The molecule has 1 saturated carbocycles. The molecule has 0 spiro atoms. The van der Waals surface area contributed by atoms with E-state index in [4.69, 9.17) is 4.74 Å². The van der Waals surface area contributed by atoms with Crippen LogP contribution in [0.2, 0.25) is 0 Å². The van der Waals surface area contributed by atoms with Crippen LogP contribution in [-0.2, 0) is 22.0 Å². The Hall–Kier alpha value is -1.81. The molecule has 2 heterocycles. The second-order valence-electron chi connectivity index (χ2n) is 7.93. The van der Waals surface area contributed by atoms with Crippen molar-refractivity contribution in [3.63, 3.8) is 0 Å². The first-order valence-corrected chi connectivity index (χ1v) is 11.4. The molecule has 0 amide bonds. The number of hydrogen-bond donors (Lipinski definition) is 1. The molecule has 1 aromatic heterocycles. The lowest BCUT2D eigenvalue weighted by Crippen LogP contribution is -2.53. The average Bonchev–Trinajstić information content (AvgIpc) is 3.04. The van der Waals surface area contributed by atoms with Crippen LogP contribution in [0.5, 0.6) is 0 Å². The number of aryl methyl sites for hydroxylation is 1. The van der Waals surface area contributed by atoms with Gasteiger partial charge < -0.3 is 9.84 Å². The van der Waals surface area contributed by atoms with Gasteiger partial charge in [-0.05, 0) is 37.5 Å². The average molecular weight is 413 g/mol. The van der Waals surface area contributed by atoms with Crippen LogP contribution in [-0.4, -0.2) is 49.5 Å². The fourth-order valence-electron chi connectivity index (χ4n) is 4.23. The highest BCUT2D eigenvalue weighted by Gasteiger charge is 2.33. The van der Waals surface area contributed by atoms with Crippen LogP contribution >= 0.6 is 0 Å². The van der Waals surface area contributed by atoms with E-state index >= 15 is 0 Å². The van der Waals surface area contributed by atoms with Crippen LogP contribution in [0.1, 0.15) is 46.0 Å². The summed E-state index contributed by atoms with van der Waals surface area (Å²) in [5.74, 6) is 0.532. The molecule has 2 unspecified atom stereocenters. The Bertz CT molecular complexity index is 778. The number of aromatic nitrogens is 2. The molecule has 2 fully saturated rings. The van der Waals surface area contributed by atoms with Crippen LogP contribution in [0.15, 0.2) is 17.4 Å². The Morgan fingerprint density at radius 2 is 1.93 bits per heavy atom. The van der Waals surface area contributed by atoms with Gasteiger partial charge in [0.15, 0.2) is 0 Å². The van der Waals surface area contributed by atoms with Crippen molar-refractivity contribution >= 4 is 21.9 Å². The zero-order valence-corrected chi connectivity index (χ0v) is 17.6. The summed E-state index contributed by atoms with van der Waals surface area (Å²) in [5.41, 5.74) is 0.425. The molecular weight excluding hydrogens is 382 g/mol. The van der Waals surface area contributed by atoms with E-state index < -0.39 is 16.2 Å². The van der Waals surface area contributed by atoms with Crippen molar-refractivity contribution < 1.29 is 18.3 Å². The number of nitrogens with zero attached hydrogens (tertiary/aromatic N) is 4. The van der Waals surface area contributed by atoms with Crippen LogP contribution in [0.3, 0.4) is 0 Å². The van der Waals surface area contributed by atoms with Crippen LogP contribution < -0.4 is 14.1 Å². The highest BCUT2D eigenvalue weighted by molar-refractivity contribution is 7.91. The van der Waals surface area contributed by atoms with Gasteiger partial charge in [0.2, 0.25) is 0 Å². The van der Waals surface area contributed by atoms with E-state index in [0.717, 1.165) is 19.3 Å². The lowest BCUT2D eigenvalue weighted by molar-refractivity contribution is -0.220. The maximum atomic E-state index is 13.1. The summed E-state index contributed by atoms with van der Waals surface area (Å²) >= 11 is 0. The summed E-state index contributed by atoms with van der Waals surface area (Å²) in [6.45, 7) is 5.09. The zero-order valence-electron chi connectivity index (χ0n) is 16.7. The first-order valence-electron chi connectivity index (χ1n) is 9.91. The maximum Gasteiger partial charge on any atom is 0.324 e. The fraction of sp³-hybridized carbons (Fsp3) is 0.778. The predicted molar refractivity (Wildman–Crippen MR) is 105 cm³/mol. The third-order valence-corrected chi connectivity index (χ3v) is 7.15. The van der Waals surface area contributed by atoms with Crippen LogP contribution in [0.25, 0.3) is 0 Å². The Morgan fingerprint density at radius 3 is 2.50 bits per heavy atom. The molecule has 1 aromatic rings. The fourth-order valence-corrected chi connectivity index (χ4v) is 5.57. The van der Waals surface area contributed by atoms with Crippen molar-refractivity contribution in [3.05, 3.63) is 12.4 Å². The van der Waals surface area contributed by atoms with Gasteiger partial charge in [-0.25, -0.2) is 4.31 Å². The lowest BCUT2D eigenvalue weighted by atomic mass is 9.79. The molecular formula is C18H30N5O4S-. The number of ether oxygens (including phenoxy) is 1. The molecule has 1 aliphatic carbocycles. The monoisotopic (exact) mass is 412 g/mol. The minimum Gasteiger partial charge on any atom is -0.846 e. The first kappa shape index (κ1) is 20.9. The largest absolute Gasteiger partial charge is 0.846 e. The van der Waals surface area contributed by atoms with E-state index in [0.29, 0.717) is 31.7 Å². The Kier molecular flexibility index (Phi) is 6.49. The first-order chi connectivity index (χ1) is 13.3. The summed E-state index contributed by atoms with van der Waals surface area (Å²) in [7, 11) is -2.40. The Labute approximate surface area is 167 Å². The molecule has 2 atom stereocenters.